The summed E-state index contributed by atoms with van der Waals surface area (Å²) in [5.74, 6) is 0.821. The molecule has 2 aromatic heterocycles. The molecule has 0 aliphatic carbocycles. The lowest BCUT2D eigenvalue weighted by Gasteiger charge is -2.01. The molecule has 74 valence electrons. The molecular formula is C10H13N3O. The molecule has 0 spiro atoms. The highest BCUT2D eigenvalue weighted by atomic mass is 16.5. The number of aromatic nitrogens is 2. The van der Waals surface area contributed by atoms with E-state index in [1.165, 1.54) is 0 Å². The van der Waals surface area contributed by atoms with E-state index < -0.39 is 0 Å². The Morgan fingerprint density at radius 1 is 1.50 bits per heavy atom. The Labute approximate surface area is 82.3 Å². The first-order valence-corrected chi connectivity index (χ1v) is 4.48. The van der Waals surface area contributed by atoms with Gasteiger partial charge in [-0.3, -0.25) is 0 Å². The molecule has 2 aromatic rings. The third-order valence-electron chi connectivity index (χ3n) is 2.36. The molecule has 0 aliphatic rings. The Bertz CT molecular complexity index is 462. The Morgan fingerprint density at radius 2 is 2.29 bits per heavy atom. The third-order valence-corrected chi connectivity index (χ3v) is 2.36. The van der Waals surface area contributed by atoms with E-state index >= 15 is 0 Å². The third kappa shape index (κ3) is 1.24. The zero-order valence-corrected chi connectivity index (χ0v) is 8.32. The molecule has 14 heavy (non-hydrogen) atoms. The number of methoxy groups -OCH3 is 1. The van der Waals surface area contributed by atoms with Crippen LogP contribution in [0.4, 0.5) is 0 Å². The molecule has 0 saturated carbocycles. The molecule has 4 heteroatoms. The summed E-state index contributed by atoms with van der Waals surface area (Å²) in [4.78, 5) is 4.39. The topological polar surface area (TPSA) is 52.5 Å². The minimum atomic E-state index is 0.468. The SMILES string of the molecule is COc1ccc2nc(CN)c(C)n2c1. The van der Waals surface area contributed by atoms with Gasteiger partial charge in [-0.05, 0) is 19.1 Å². The maximum atomic E-state index is 5.58. The van der Waals surface area contributed by atoms with Gasteiger partial charge >= 0.3 is 0 Å². The molecule has 0 amide bonds. The van der Waals surface area contributed by atoms with Gasteiger partial charge in [0.1, 0.15) is 11.4 Å². The number of hydrogen-bond donors (Lipinski definition) is 1. The van der Waals surface area contributed by atoms with Gasteiger partial charge in [0, 0.05) is 12.2 Å². The zero-order valence-electron chi connectivity index (χ0n) is 8.32. The number of ether oxygens (including phenoxy) is 1. The van der Waals surface area contributed by atoms with Crippen molar-refractivity contribution in [1.29, 1.82) is 0 Å². The van der Waals surface area contributed by atoms with Gasteiger partial charge in [0.2, 0.25) is 0 Å². The van der Waals surface area contributed by atoms with Gasteiger partial charge in [-0.15, -0.1) is 0 Å². The molecule has 0 fully saturated rings. The number of pyridine rings is 1. The summed E-state index contributed by atoms with van der Waals surface area (Å²) in [5, 5.41) is 0. The van der Waals surface area contributed by atoms with E-state index in [1.54, 1.807) is 7.11 Å². The maximum absolute atomic E-state index is 5.58. The van der Waals surface area contributed by atoms with Crippen molar-refractivity contribution in [3.63, 3.8) is 0 Å². The normalized spacial score (nSPS) is 10.8. The Kier molecular flexibility index (Phi) is 2.13. The molecule has 0 bridgehead atoms. The van der Waals surface area contributed by atoms with Crippen molar-refractivity contribution in [2.24, 2.45) is 5.73 Å². The van der Waals surface area contributed by atoms with Crippen molar-refractivity contribution in [3.05, 3.63) is 29.7 Å². The van der Waals surface area contributed by atoms with E-state index in [4.69, 9.17) is 10.5 Å². The van der Waals surface area contributed by atoms with Gasteiger partial charge in [0.05, 0.1) is 19.0 Å². The summed E-state index contributed by atoms with van der Waals surface area (Å²) in [5.41, 5.74) is 8.48. The van der Waals surface area contributed by atoms with E-state index in [2.05, 4.69) is 4.98 Å². The van der Waals surface area contributed by atoms with E-state index in [0.29, 0.717) is 6.54 Å². The largest absolute Gasteiger partial charge is 0.495 e. The average molecular weight is 191 g/mol. The first-order valence-electron chi connectivity index (χ1n) is 4.48. The van der Waals surface area contributed by atoms with Gasteiger partial charge in [-0.25, -0.2) is 4.98 Å². The number of imidazole rings is 1. The van der Waals surface area contributed by atoms with Gasteiger partial charge < -0.3 is 14.9 Å². The molecule has 0 radical (unpaired) electrons. The second kappa shape index (κ2) is 3.31. The minimum Gasteiger partial charge on any atom is -0.495 e. The molecule has 2 heterocycles. The summed E-state index contributed by atoms with van der Waals surface area (Å²) in [6.07, 6.45) is 1.91. The van der Waals surface area contributed by atoms with Crippen molar-refractivity contribution < 1.29 is 4.74 Å². The second-order valence-electron chi connectivity index (χ2n) is 3.15. The van der Waals surface area contributed by atoms with Gasteiger partial charge in [-0.1, -0.05) is 0 Å². The molecule has 0 aromatic carbocycles. The number of rotatable bonds is 2. The number of aryl methyl sites for hydroxylation is 1. The predicted molar refractivity (Wildman–Crippen MR) is 54.4 cm³/mol. The van der Waals surface area contributed by atoms with Crippen molar-refractivity contribution in [2.75, 3.05) is 7.11 Å². The summed E-state index contributed by atoms with van der Waals surface area (Å²) < 4.78 is 7.13. The lowest BCUT2D eigenvalue weighted by atomic mass is 10.3. The first-order chi connectivity index (χ1) is 6.76. The highest BCUT2D eigenvalue weighted by Crippen LogP contribution is 2.16. The van der Waals surface area contributed by atoms with Gasteiger partial charge in [-0.2, -0.15) is 0 Å². The molecule has 2 N–H and O–H groups in total. The van der Waals surface area contributed by atoms with Crippen LogP contribution in [0.2, 0.25) is 0 Å². The highest BCUT2D eigenvalue weighted by molar-refractivity contribution is 5.45. The first kappa shape index (κ1) is 9.02. The second-order valence-corrected chi connectivity index (χ2v) is 3.15. The zero-order chi connectivity index (χ0) is 10.1. The van der Waals surface area contributed by atoms with Crippen LogP contribution in [0.15, 0.2) is 18.3 Å². The Balaban J connectivity index is 2.68. The van der Waals surface area contributed by atoms with Crippen molar-refractivity contribution in [1.82, 2.24) is 9.38 Å². The average Bonchev–Trinajstić information content (AvgIpc) is 2.55. The fourth-order valence-electron chi connectivity index (χ4n) is 1.51. The fraction of sp³-hybridized carbons (Fsp3) is 0.300. The quantitative estimate of drug-likeness (QED) is 0.773. The van der Waals surface area contributed by atoms with Crippen LogP contribution in [0, 0.1) is 6.92 Å². The van der Waals surface area contributed by atoms with Crippen LogP contribution in [0.3, 0.4) is 0 Å². The number of nitrogens with zero attached hydrogens (tertiary/aromatic N) is 2. The predicted octanol–water partition coefficient (Wildman–Crippen LogP) is 1.11. The molecule has 0 aliphatic heterocycles. The molecule has 0 atom stereocenters. The Morgan fingerprint density at radius 3 is 2.93 bits per heavy atom. The minimum absolute atomic E-state index is 0.468. The summed E-state index contributed by atoms with van der Waals surface area (Å²) in [6.45, 7) is 2.47. The highest BCUT2D eigenvalue weighted by Gasteiger charge is 2.06. The fourth-order valence-corrected chi connectivity index (χ4v) is 1.51. The van der Waals surface area contributed by atoms with Crippen molar-refractivity contribution in [2.45, 2.75) is 13.5 Å². The summed E-state index contributed by atoms with van der Waals surface area (Å²) >= 11 is 0. The lowest BCUT2D eigenvalue weighted by Crippen LogP contribution is -1.98. The standard InChI is InChI=1S/C10H13N3O/c1-7-9(5-11)12-10-4-3-8(14-2)6-13(7)10/h3-4,6H,5,11H2,1-2H3. The van der Waals surface area contributed by atoms with E-state index in [-0.39, 0.29) is 0 Å². The molecular weight excluding hydrogens is 178 g/mol. The van der Waals surface area contributed by atoms with Crippen LogP contribution in [0.5, 0.6) is 5.75 Å². The summed E-state index contributed by atoms with van der Waals surface area (Å²) in [7, 11) is 1.65. The van der Waals surface area contributed by atoms with Crippen molar-refractivity contribution >= 4 is 5.65 Å². The monoisotopic (exact) mass is 191 g/mol. The molecule has 0 unspecified atom stereocenters. The lowest BCUT2D eigenvalue weighted by molar-refractivity contribution is 0.412. The number of nitrogens with two attached hydrogens (primary N) is 1. The van der Waals surface area contributed by atoms with Crippen LogP contribution in [-0.2, 0) is 6.54 Å². The van der Waals surface area contributed by atoms with Gasteiger partial charge in [0.15, 0.2) is 0 Å². The maximum Gasteiger partial charge on any atom is 0.137 e. The summed E-state index contributed by atoms with van der Waals surface area (Å²) in [6, 6.07) is 3.81. The van der Waals surface area contributed by atoms with E-state index in [9.17, 15) is 0 Å². The van der Waals surface area contributed by atoms with Gasteiger partial charge in [0.25, 0.3) is 0 Å². The molecule has 2 rings (SSSR count). The number of fused-ring (bicyclic) bond motifs is 1. The van der Waals surface area contributed by atoms with Crippen molar-refractivity contribution in [3.8, 4) is 5.75 Å². The van der Waals surface area contributed by atoms with Crippen LogP contribution < -0.4 is 10.5 Å². The molecule has 4 nitrogen and oxygen atoms in total. The van der Waals surface area contributed by atoms with Crippen LogP contribution in [0.1, 0.15) is 11.4 Å². The van der Waals surface area contributed by atoms with E-state index in [1.807, 2.05) is 29.7 Å². The van der Waals surface area contributed by atoms with Crippen LogP contribution in [0.25, 0.3) is 5.65 Å². The smallest absolute Gasteiger partial charge is 0.137 e. The van der Waals surface area contributed by atoms with E-state index in [0.717, 1.165) is 22.8 Å². The Hall–Kier alpha value is -1.55. The molecule has 0 saturated heterocycles. The number of hydrogen-bond acceptors (Lipinski definition) is 3. The van der Waals surface area contributed by atoms with Crippen LogP contribution >= 0.6 is 0 Å². The van der Waals surface area contributed by atoms with Crippen LogP contribution in [-0.4, -0.2) is 16.5 Å².